The summed E-state index contributed by atoms with van der Waals surface area (Å²) in [7, 11) is -3.20. The lowest BCUT2D eigenvalue weighted by atomic mass is 10.3. The molecule has 7 nitrogen and oxygen atoms in total. The standard InChI is InChI=1S/C7H9FN2O.H2O4S/c1-11-7-3-5(8)2-6(4-7)10-9;1-5(2,3)4/h2-4,10H,9H2,1H3;(H2,1,2,3,4). The van der Waals surface area contributed by atoms with E-state index in [1.807, 2.05) is 0 Å². The van der Waals surface area contributed by atoms with Gasteiger partial charge in [0.2, 0.25) is 0 Å². The van der Waals surface area contributed by atoms with Crippen LogP contribution in [0.3, 0.4) is 0 Å². The van der Waals surface area contributed by atoms with Crippen LogP contribution in [0.5, 0.6) is 5.75 Å². The molecular weight excluding hydrogens is 243 g/mol. The number of ether oxygens (including phenoxy) is 1. The Morgan fingerprint density at radius 2 is 1.88 bits per heavy atom. The van der Waals surface area contributed by atoms with Crippen molar-refractivity contribution in [3.63, 3.8) is 0 Å². The highest BCUT2D eigenvalue weighted by Crippen LogP contribution is 2.18. The molecule has 0 unspecified atom stereocenters. The van der Waals surface area contributed by atoms with Crippen LogP contribution in [0.25, 0.3) is 0 Å². The molecular formula is C7H11FN2O5S. The first-order chi connectivity index (χ1) is 7.26. The van der Waals surface area contributed by atoms with Gasteiger partial charge in [-0.2, -0.15) is 8.42 Å². The van der Waals surface area contributed by atoms with Crippen LogP contribution >= 0.6 is 0 Å². The fourth-order valence-electron chi connectivity index (χ4n) is 0.764. The lowest BCUT2D eigenvalue weighted by Crippen LogP contribution is -2.06. The molecule has 1 rings (SSSR count). The monoisotopic (exact) mass is 254 g/mol. The third kappa shape index (κ3) is 7.94. The number of methoxy groups -OCH3 is 1. The van der Waals surface area contributed by atoms with E-state index in [-0.39, 0.29) is 5.82 Å². The number of hydrogen-bond acceptors (Lipinski definition) is 5. The second kappa shape index (κ2) is 6.23. The zero-order chi connectivity index (χ0) is 12.8. The summed E-state index contributed by atoms with van der Waals surface area (Å²) in [5.41, 5.74) is 2.81. The Labute approximate surface area is 91.6 Å². The first-order valence-corrected chi connectivity index (χ1v) is 5.17. The first kappa shape index (κ1) is 14.6. The van der Waals surface area contributed by atoms with Crippen molar-refractivity contribution in [1.82, 2.24) is 0 Å². The van der Waals surface area contributed by atoms with E-state index >= 15 is 0 Å². The van der Waals surface area contributed by atoms with Crippen molar-refractivity contribution in [1.29, 1.82) is 0 Å². The van der Waals surface area contributed by atoms with Gasteiger partial charge in [-0.25, -0.2) is 4.39 Å². The van der Waals surface area contributed by atoms with E-state index in [0.29, 0.717) is 11.4 Å². The molecule has 1 aromatic carbocycles. The molecule has 0 fully saturated rings. The normalized spacial score (nSPS) is 10.1. The summed E-state index contributed by atoms with van der Waals surface area (Å²) in [6.07, 6.45) is 0. The maximum Gasteiger partial charge on any atom is 0.394 e. The summed E-state index contributed by atoms with van der Waals surface area (Å²) in [5.74, 6) is 5.14. The summed E-state index contributed by atoms with van der Waals surface area (Å²) < 4.78 is 49.0. The van der Waals surface area contributed by atoms with Gasteiger partial charge in [-0.1, -0.05) is 0 Å². The third-order valence-electron chi connectivity index (χ3n) is 1.27. The Balaban J connectivity index is 0.000000385. The smallest absolute Gasteiger partial charge is 0.394 e. The highest BCUT2D eigenvalue weighted by Gasteiger charge is 1.97. The van der Waals surface area contributed by atoms with Crippen molar-refractivity contribution in [2.75, 3.05) is 12.5 Å². The molecule has 0 radical (unpaired) electrons. The van der Waals surface area contributed by atoms with E-state index in [1.54, 1.807) is 6.07 Å². The number of nitrogens with two attached hydrogens (primary N) is 1. The highest BCUT2D eigenvalue weighted by molar-refractivity contribution is 7.79. The maximum absolute atomic E-state index is 12.6. The van der Waals surface area contributed by atoms with E-state index in [4.69, 9.17) is 28.1 Å². The molecule has 0 heterocycles. The van der Waals surface area contributed by atoms with E-state index in [9.17, 15) is 4.39 Å². The number of halogens is 1. The fraction of sp³-hybridized carbons (Fsp3) is 0.143. The number of anilines is 1. The van der Waals surface area contributed by atoms with Crippen molar-refractivity contribution in [2.24, 2.45) is 5.84 Å². The lowest BCUT2D eigenvalue weighted by molar-refractivity contribution is 0.381. The molecule has 0 amide bonds. The minimum absolute atomic E-state index is 0.377. The van der Waals surface area contributed by atoms with E-state index in [1.165, 1.54) is 19.2 Å². The zero-order valence-electron chi connectivity index (χ0n) is 8.21. The quantitative estimate of drug-likeness (QED) is 0.343. The van der Waals surface area contributed by atoms with E-state index in [2.05, 4.69) is 5.43 Å². The Kier molecular flexibility index (Phi) is 5.67. The van der Waals surface area contributed by atoms with Gasteiger partial charge in [0.25, 0.3) is 0 Å². The predicted octanol–water partition coefficient (Wildman–Crippen LogP) is 0.467. The van der Waals surface area contributed by atoms with Crippen LogP contribution in [0.15, 0.2) is 18.2 Å². The third-order valence-corrected chi connectivity index (χ3v) is 1.27. The average Bonchev–Trinajstić information content (AvgIpc) is 2.14. The van der Waals surface area contributed by atoms with Crippen LogP contribution in [0.1, 0.15) is 0 Å². The molecule has 0 aromatic heterocycles. The number of nitrogens with one attached hydrogen (secondary N) is 1. The Morgan fingerprint density at radius 1 is 1.38 bits per heavy atom. The van der Waals surface area contributed by atoms with Crippen LogP contribution in [0.2, 0.25) is 0 Å². The first-order valence-electron chi connectivity index (χ1n) is 3.77. The summed E-state index contributed by atoms with van der Waals surface area (Å²) in [4.78, 5) is 0. The number of rotatable bonds is 2. The van der Waals surface area contributed by atoms with Crippen molar-refractivity contribution in [3.05, 3.63) is 24.0 Å². The van der Waals surface area contributed by atoms with Gasteiger partial charge in [-0.05, 0) is 6.07 Å². The minimum atomic E-state index is -4.67. The van der Waals surface area contributed by atoms with Gasteiger partial charge in [-0.15, -0.1) is 0 Å². The molecule has 0 aliphatic heterocycles. The molecule has 5 N–H and O–H groups in total. The summed E-state index contributed by atoms with van der Waals surface area (Å²) in [5, 5.41) is 0. The number of benzene rings is 1. The SMILES string of the molecule is COc1cc(F)cc(NN)c1.O=S(=O)(O)O. The maximum atomic E-state index is 12.6. The van der Waals surface area contributed by atoms with Gasteiger partial charge in [0.05, 0.1) is 12.8 Å². The minimum Gasteiger partial charge on any atom is -0.497 e. The molecule has 0 aliphatic rings. The highest BCUT2D eigenvalue weighted by atomic mass is 32.3. The topological polar surface area (TPSA) is 122 Å². The lowest BCUT2D eigenvalue weighted by Gasteiger charge is -2.03. The molecule has 0 atom stereocenters. The molecule has 0 saturated carbocycles. The van der Waals surface area contributed by atoms with Crippen LogP contribution in [0.4, 0.5) is 10.1 Å². The van der Waals surface area contributed by atoms with Crippen molar-refractivity contribution < 1.29 is 26.7 Å². The number of nitrogen functional groups attached to an aromatic ring is 1. The van der Waals surface area contributed by atoms with Gasteiger partial charge < -0.3 is 10.2 Å². The van der Waals surface area contributed by atoms with Gasteiger partial charge in [0, 0.05) is 12.1 Å². The largest absolute Gasteiger partial charge is 0.497 e. The summed E-state index contributed by atoms with van der Waals surface area (Å²) >= 11 is 0. The summed E-state index contributed by atoms with van der Waals surface area (Å²) in [6, 6.07) is 4.16. The molecule has 16 heavy (non-hydrogen) atoms. The zero-order valence-corrected chi connectivity index (χ0v) is 9.03. The second-order valence-electron chi connectivity index (χ2n) is 2.47. The van der Waals surface area contributed by atoms with Gasteiger partial charge in [0.1, 0.15) is 11.6 Å². The van der Waals surface area contributed by atoms with Crippen molar-refractivity contribution >= 4 is 16.1 Å². The average molecular weight is 254 g/mol. The molecule has 1 aromatic rings. The van der Waals surface area contributed by atoms with Crippen LogP contribution < -0.4 is 16.0 Å². The second-order valence-corrected chi connectivity index (χ2v) is 3.37. The van der Waals surface area contributed by atoms with Crippen LogP contribution in [0, 0.1) is 5.82 Å². The van der Waals surface area contributed by atoms with Crippen LogP contribution in [-0.2, 0) is 10.4 Å². The van der Waals surface area contributed by atoms with E-state index in [0.717, 1.165) is 0 Å². The predicted molar refractivity (Wildman–Crippen MR) is 54.9 cm³/mol. The molecule has 0 saturated heterocycles. The van der Waals surface area contributed by atoms with Crippen LogP contribution in [-0.4, -0.2) is 24.6 Å². The molecule has 0 aliphatic carbocycles. The van der Waals surface area contributed by atoms with E-state index < -0.39 is 10.4 Å². The van der Waals surface area contributed by atoms with Crippen molar-refractivity contribution in [3.8, 4) is 5.75 Å². The molecule has 0 bridgehead atoms. The Bertz CT molecular complexity index is 406. The Hall–Kier alpha value is -1.42. The van der Waals surface area contributed by atoms with Crippen molar-refractivity contribution in [2.45, 2.75) is 0 Å². The fourth-order valence-corrected chi connectivity index (χ4v) is 0.764. The number of hydrazine groups is 1. The van der Waals surface area contributed by atoms with Gasteiger partial charge in [-0.3, -0.25) is 14.9 Å². The summed E-state index contributed by atoms with van der Waals surface area (Å²) in [6.45, 7) is 0. The molecule has 0 spiro atoms. The number of hydrogen-bond donors (Lipinski definition) is 4. The van der Waals surface area contributed by atoms with Gasteiger partial charge >= 0.3 is 10.4 Å². The molecule has 92 valence electrons. The molecule has 9 heteroatoms. The van der Waals surface area contributed by atoms with Gasteiger partial charge in [0.15, 0.2) is 0 Å². The Morgan fingerprint density at radius 3 is 2.25 bits per heavy atom.